The molecule has 18 heavy (non-hydrogen) atoms. The second-order valence-electron chi connectivity index (χ2n) is 5.17. The van der Waals surface area contributed by atoms with Crippen molar-refractivity contribution in [1.29, 1.82) is 0 Å². The fraction of sp³-hybridized carbons (Fsp3) is 0.636. The van der Waals surface area contributed by atoms with E-state index in [0.717, 1.165) is 0 Å². The summed E-state index contributed by atoms with van der Waals surface area (Å²) in [7, 11) is 0. The van der Waals surface area contributed by atoms with Crippen LogP contribution >= 0.6 is 11.6 Å². The molecule has 0 spiro atoms. The zero-order chi connectivity index (χ0) is 13.9. The van der Waals surface area contributed by atoms with Crippen LogP contribution in [0.2, 0.25) is 5.02 Å². The lowest BCUT2D eigenvalue weighted by atomic mass is 10.1. The summed E-state index contributed by atoms with van der Waals surface area (Å²) in [6.45, 7) is 6.33. The van der Waals surface area contributed by atoms with Crippen molar-refractivity contribution in [3.8, 4) is 0 Å². The van der Waals surface area contributed by atoms with Crippen molar-refractivity contribution >= 4 is 11.6 Å². The van der Waals surface area contributed by atoms with Crippen molar-refractivity contribution < 1.29 is 5.11 Å². The van der Waals surface area contributed by atoms with E-state index in [1.807, 2.05) is 20.8 Å². The highest BCUT2D eigenvalue weighted by atomic mass is 35.5. The molecule has 1 rings (SSSR count). The lowest BCUT2D eigenvalue weighted by molar-refractivity contribution is 0.140. The lowest BCUT2D eigenvalue weighted by Crippen LogP contribution is -2.43. The minimum absolute atomic E-state index is 0.0679. The molecular formula is C11H18ClN3O3. The molecule has 0 aromatic carbocycles. The second-order valence-corrected chi connectivity index (χ2v) is 5.58. The maximum Gasteiger partial charge on any atom is 0.328 e. The number of halogens is 1. The Kier molecular flexibility index (Phi) is 4.72. The van der Waals surface area contributed by atoms with E-state index in [4.69, 9.17) is 11.6 Å². The topological polar surface area (TPSA) is 87.1 Å². The maximum atomic E-state index is 11.4. The van der Waals surface area contributed by atoms with E-state index >= 15 is 0 Å². The van der Waals surface area contributed by atoms with Crippen molar-refractivity contribution in [2.24, 2.45) is 0 Å². The third-order valence-corrected chi connectivity index (χ3v) is 2.51. The predicted molar refractivity (Wildman–Crippen MR) is 70.1 cm³/mol. The molecule has 3 N–H and O–H groups in total. The van der Waals surface area contributed by atoms with Gasteiger partial charge < -0.3 is 10.4 Å². The minimum Gasteiger partial charge on any atom is -0.390 e. The molecule has 102 valence electrons. The van der Waals surface area contributed by atoms with Gasteiger partial charge in [0.1, 0.15) is 5.02 Å². The Bertz CT molecular complexity index is 515. The van der Waals surface area contributed by atoms with Crippen molar-refractivity contribution in [2.45, 2.75) is 39.0 Å². The lowest BCUT2D eigenvalue weighted by Gasteiger charge is -2.23. The number of aliphatic hydroxyl groups excluding tert-OH is 1. The first kappa shape index (κ1) is 14.9. The highest BCUT2D eigenvalue weighted by Gasteiger charge is 2.13. The Hall–Kier alpha value is -1.11. The van der Waals surface area contributed by atoms with Crippen LogP contribution in [-0.2, 0) is 6.54 Å². The molecular weight excluding hydrogens is 258 g/mol. The SMILES string of the molecule is CC(C)(C)NCC(O)Cn1cc(Cl)c(=O)[nH]c1=O. The molecule has 1 aromatic rings. The van der Waals surface area contributed by atoms with Crippen molar-refractivity contribution in [2.75, 3.05) is 6.54 Å². The number of hydrogen-bond donors (Lipinski definition) is 3. The fourth-order valence-corrected chi connectivity index (χ4v) is 1.50. The molecule has 0 saturated heterocycles. The molecule has 0 aliphatic rings. The summed E-state index contributed by atoms with van der Waals surface area (Å²) in [6, 6.07) is 0. The van der Waals surface area contributed by atoms with Gasteiger partial charge in [0.05, 0.1) is 12.6 Å². The molecule has 6 nitrogen and oxygen atoms in total. The number of aliphatic hydroxyl groups is 1. The summed E-state index contributed by atoms with van der Waals surface area (Å²) >= 11 is 5.62. The molecule has 1 heterocycles. The molecule has 0 aliphatic carbocycles. The first-order valence-corrected chi connectivity index (χ1v) is 5.99. The van der Waals surface area contributed by atoms with Gasteiger partial charge in [-0.2, -0.15) is 0 Å². The van der Waals surface area contributed by atoms with Crippen molar-refractivity contribution in [1.82, 2.24) is 14.9 Å². The number of H-pyrrole nitrogens is 1. The van der Waals surface area contributed by atoms with Crippen LogP contribution in [0.15, 0.2) is 15.8 Å². The number of β-amino-alcohol motifs (C(OH)–C–C–N with tert-alkyl or cyclic N) is 1. The molecule has 0 saturated carbocycles. The van der Waals surface area contributed by atoms with E-state index in [2.05, 4.69) is 10.3 Å². The maximum absolute atomic E-state index is 11.4. The van der Waals surface area contributed by atoms with E-state index < -0.39 is 17.4 Å². The van der Waals surface area contributed by atoms with Gasteiger partial charge in [0.25, 0.3) is 5.56 Å². The Morgan fingerprint density at radius 2 is 2.11 bits per heavy atom. The molecule has 0 radical (unpaired) electrons. The molecule has 1 atom stereocenters. The third kappa shape index (κ3) is 4.64. The first-order chi connectivity index (χ1) is 8.19. The Morgan fingerprint density at radius 3 is 2.67 bits per heavy atom. The average molecular weight is 276 g/mol. The molecule has 0 amide bonds. The molecule has 0 bridgehead atoms. The predicted octanol–water partition coefficient (Wildman–Crippen LogP) is -0.0610. The van der Waals surface area contributed by atoms with Crippen molar-refractivity contribution in [3.63, 3.8) is 0 Å². The molecule has 0 aliphatic heterocycles. The summed E-state index contributed by atoms with van der Waals surface area (Å²) in [5.41, 5.74) is -1.33. The molecule has 0 fully saturated rings. The summed E-state index contributed by atoms with van der Waals surface area (Å²) in [5, 5.41) is 12.8. The molecule has 1 unspecified atom stereocenters. The van der Waals surface area contributed by atoms with Crippen LogP contribution < -0.4 is 16.6 Å². The largest absolute Gasteiger partial charge is 0.390 e. The third-order valence-electron chi connectivity index (χ3n) is 2.24. The number of nitrogens with zero attached hydrogens (tertiary/aromatic N) is 1. The normalized spacial score (nSPS) is 13.6. The Labute approximate surface area is 110 Å². The van der Waals surface area contributed by atoms with Gasteiger partial charge in [-0.1, -0.05) is 11.6 Å². The standard InChI is InChI=1S/C11H18ClN3O3/c1-11(2,3)13-4-7(16)5-15-6-8(12)9(17)14-10(15)18/h6-7,13,16H,4-5H2,1-3H3,(H,14,17,18). The number of aromatic amines is 1. The van der Waals surface area contributed by atoms with Gasteiger partial charge in [0, 0.05) is 18.3 Å². The zero-order valence-corrected chi connectivity index (χ0v) is 11.4. The van der Waals surface area contributed by atoms with Gasteiger partial charge in [-0.05, 0) is 20.8 Å². The van der Waals surface area contributed by atoms with E-state index in [-0.39, 0.29) is 17.1 Å². The number of rotatable bonds is 4. The number of hydrogen-bond acceptors (Lipinski definition) is 4. The second kappa shape index (κ2) is 5.69. The van der Waals surface area contributed by atoms with Gasteiger partial charge in [0.15, 0.2) is 0 Å². The van der Waals surface area contributed by atoms with Gasteiger partial charge in [-0.25, -0.2) is 4.79 Å². The smallest absolute Gasteiger partial charge is 0.328 e. The molecule has 1 aromatic heterocycles. The van der Waals surface area contributed by atoms with E-state index in [0.29, 0.717) is 6.54 Å². The summed E-state index contributed by atoms with van der Waals surface area (Å²) in [6.07, 6.45) is 0.479. The Balaban J connectivity index is 2.71. The summed E-state index contributed by atoms with van der Waals surface area (Å²) < 4.78 is 1.18. The van der Waals surface area contributed by atoms with Crippen LogP contribution in [0.25, 0.3) is 0 Å². The van der Waals surface area contributed by atoms with Crippen LogP contribution in [-0.4, -0.2) is 32.8 Å². The van der Waals surface area contributed by atoms with Crippen LogP contribution in [0.5, 0.6) is 0 Å². The first-order valence-electron chi connectivity index (χ1n) is 5.61. The van der Waals surface area contributed by atoms with Gasteiger partial charge >= 0.3 is 5.69 Å². The van der Waals surface area contributed by atoms with Crippen LogP contribution in [0, 0.1) is 0 Å². The van der Waals surface area contributed by atoms with Gasteiger partial charge in [-0.3, -0.25) is 14.3 Å². The van der Waals surface area contributed by atoms with E-state index in [9.17, 15) is 14.7 Å². The average Bonchev–Trinajstić information content (AvgIpc) is 2.22. The highest BCUT2D eigenvalue weighted by Crippen LogP contribution is 2.00. The van der Waals surface area contributed by atoms with Gasteiger partial charge in [-0.15, -0.1) is 0 Å². The van der Waals surface area contributed by atoms with Crippen LogP contribution in [0.4, 0.5) is 0 Å². The van der Waals surface area contributed by atoms with E-state index in [1.54, 1.807) is 0 Å². The Morgan fingerprint density at radius 1 is 1.50 bits per heavy atom. The zero-order valence-electron chi connectivity index (χ0n) is 10.7. The van der Waals surface area contributed by atoms with Gasteiger partial charge in [0.2, 0.25) is 0 Å². The number of aromatic nitrogens is 2. The molecule has 7 heteroatoms. The highest BCUT2D eigenvalue weighted by molar-refractivity contribution is 6.30. The minimum atomic E-state index is -0.746. The monoisotopic (exact) mass is 275 g/mol. The van der Waals surface area contributed by atoms with Crippen LogP contribution in [0.3, 0.4) is 0 Å². The quantitative estimate of drug-likeness (QED) is 0.718. The number of nitrogens with one attached hydrogen (secondary N) is 2. The summed E-state index contributed by atoms with van der Waals surface area (Å²) in [4.78, 5) is 24.6. The van der Waals surface area contributed by atoms with Crippen LogP contribution in [0.1, 0.15) is 20.8 Å². The summed E-state index contributed by atoms with van der Waals surface area (Å²) in [5.74, 6) is 0. The van der Waals surface area contributed by atoms with E-state index in [1.165, 1.54) is 10.8 Å². The fourth-order valence-electron chi connectivity index (χ4n) is 1.33. The van der Waals surface area contributed by atoms with Crippen molar-refractivity contribution in [3.05, 3.63) is 32.1 Å².